The van der Waals surface area contributed by atoms with E-state index in [0.717, 1.165) is 11.8 Å². The van der Waals surface area contributed by atoms with E-state index in [1.54, 1.807) is 24.3 Å². The van der Waals surface area contributed by atoms with Gasteiger partial charge in [-0.25, -0.2) is 4.79 Å². The number of aromatic carboxylic acids is 1. The molecule has 0 radical (unpaired) electrons. The molecule has 0 heterocycles. The van der Waals surface area contributed by atoms with Crippen LogP contribution in [0.5, 0.6) is 17.2 Å². The van der Waals surface area contributed by atoms with Gasteiger partial charge in [0, 0.05) is 25.8 Å². The summed E-state index contributed by atoms with van der Waals surface area (Å²) in [6, 6.07) is 7.70. The monoisotopic (exact) mass is 317 g/mol. The number of hydrogen-bond acceptors (Lipinski definition) is 7. The Kier molecular flexibility index (Phi) is 4.35. The van der Waals surface area contributed by atoms with Crippen LogP contribution in [-0.2, 0) is 0 Å². The lowest BCUT2D eigenvalue weighted by atomic mass is 10.1. The minimum absolute atomic E-state index is 0.430. The number of phenolic OH excluding ortho intramolecular Hbond substituents is 3. The number of nitrogens with zero attached hydrogens (tertiary/aromatic N) is 3. The zero-order chi connectivity index (χ0) is 17.1. The third kappa shape index (κ3) is 3.31. The van der Waals surface area contributed by atoms with Gasteiger partial charge in [0.1, 0.15) is 5.69 Å². The summed E-state index contributed by atoms with van der Waals surface area (Å²) in [5, 5.41) is 45.2. The van der Waals surface area contributed by atoms with E-state index in [9.17, 15) is 20.1 Å². The lowest BCUT2D eigenvalue weighted by Gasteiger charge is -2.11. The summed E-state index contributed by atoms with van der Waals surface area (Å²) >= 11 is 0. The molecule has 0 atom stereocenters. The highest BCUT2D eigenvalue weighted by Crippen LogP contribution is 2.45. The van der Waals surface area contributed by atoms with E-state index in [4.69, 9.17) is 5.11 Å². The van der Waals surface area contributed by atoms with Gasteiger partial charge in [0.2, 0.25) is 5.75 Å². The van der Waals surface area contributed by atoms with Crippen LogP contribution in [0.3, 0.4) is 0 Å². The van der Waals surface area contributed by atoms with Gasteiger partial charge in [-0.3, -0.25) is 0 Å². The molecule has 0 amide bonds. The van der Waals surface area contributed by atoms with Crippen molar-refractivity contribution in [3.05, 3.63) is 35.9 Å². The summed E-state index contributed by atoms with van der Waals surface area (Å²) < 4.78 is 0. The Labute approximate surface area is 131 Å². The molecular weight excluding hydrogens is 302 g/mol. The van der Waals surface area contributed by atoms with Crippen LogP contribution in [0.4, 0.5) is 17.1 Å². The van der Waals surface area contributed by atoms with E-state index < -0.39 is 34.5 Å². The molecule has 120 valence electrons. The predicted molar refractivity (Wildman–Crippen MR) is 83.3 cm³/mol. The van der Waals surface area contributed by atoms with Gasteiger partial charge in [-0.05, 0) is 24.3 Å². The quantitative estimate of drug-likeness (QED) is 0.507. The molecular formula is C15H15N3O5. The highest BCUT2D eigenvalue weighted by atomic mass is 16.4. The van der Waals surface area contributed by atoms with Crippen LogP contribution in [0.1, 0.15) is 10.4 Å². The highest BCUT2D eigenvalue weighted by molar-refractivity contribution is 5.96. The molecule has 0 saturated heterocycles. The average molecular weight is 317 g/mol. The maximum absolute atomic E-state index is 11.2. The minimum Gasteiger partial charge on any atom is -0.504 e. The fourth-order valence-corrected chi connectivity index (χ4v) is 1.82. The number of phenols is 3. The van der Waals surface area contributed by atoms with Gasteiger partial charge in [0.25, 0.3) is 0 Å². The smallest absolute Gasteiger partial charge is 0.338 e. The van der Waals surface area contributed by atoms with Crippen molar-refractivity contribution in [2.24, 2.45) is 10.2 Å². The van der Waals surface area contributed by atoms with Gasteiger partial charge in [0.05, 0.1) is 11.3 Å². The van der Waals surface area contributed by atoms with Crippen LogP contribution < -0.4 is 4.90 Å². The van der Waals surface area contributed by atoms with E-state index in [0.29, 0.717) is 5.69 Å². The number of azo groups is 1. The second-order valence-corrected chi connectivity index (χ2v) is 4.91. The van der Waals surface area contributed by atoms with Crippen molar-refractivity contribution in [3.63, 3.8) is 0 Å². The van der Waals surface area contributed by atoms with Gasteiger partial charge >= 0.3 is 5.97 Å². The number of anilines is 1. The van der Waals surface area contributed by atoms with Crippen LogP contribution in [-0.4, -0.2) is 40.5 Å². The molecule has 0 saturated carbocycles. The molecule has 23 heavy (non-hydrogen) atoms. The van der Waals surface area contributed by atoms with Crippen molar-refractivity contribution in [1.29, 1.82) is 0 Å². The van der Waals surface area contributed by atoms with E-state index >= 15 is 0 Å². The molecule has 0 aliphatic carbocycles. The molecule has 4 N–H and O–H groups in total. The summed E-state index contributed by atoms with van der Waals surface area (Å²) in [4.78, 5) is 13.1. The van der Waals surface area contributed by atoms with Crippen molar-refractivity contribution in [1.82, 2.24) is 0 Å². The molecule has 2 aromatic carbocycles. The van der Waals surface area contributed by atoms with Gasteiger partial charge < -0.3 is 25.3 Å². The summed E-state index contributed by atoms with van der Waals surface area (Å²) in [7, 11) is 3.76. The number of carboxylic acids is 1. The summed E-state index contributed by atoms with van der Waals surface area (Å²) in [6.07, 6.45) is 0. The van der Waals surface area contributed by atoms with Gasteiger partial charge in [-0.15, -0.1) is 5.11 Å². The maximum Gasteiger partial charge on any atom is 0.338 e. The standard InChI is InChI=1S/C15H15N3O5/c1-18(2)9-5-3-8(4-6-9)16-17-12-10(15(22)23)7-11(19)13(20)14(12)21/h3-7,19-21H,1-2H3,(H,22,23)/b17-16+. The van der Waals surface area contributed by atoms with Crippen molar-refractivity contribution in [2.45, 2.75) is 0 Å². The molecule has 0 unspecified atom stereocenters. The lowest BCUT2D eigenvalue weighted by molar-refractivity contribution is 0.0697. The van der Waals surface area contributed by atoms with Crippen molar-refractivity contribution < 1.29 is 25.2 Å². The molecule has 0 spiro atoms. The van der Waals surface area contributed by atoms with Crippen LogP contribution >= 0.6 is 0 Å². The largest absolute Gasteiger partial charge is 0.504 e. The van der Waals surface area contributed by atoms with Crippen molar-refractivity contribution >= 4 is 23.0 Å². The van der Waals surface area contributed by atoms with Crippen LogP contribution in [0.25, 0.3) is 0 Å². The number of benzene rings is 2. The Bertz CT molecular complexity index is 770. The topological polar surface area (TPSA) is 126 Å². The Hall–Kier alpha value is -3.29. The molecule has 8 nitrogen and oxygen atoms in total. The Balaban J connectivity index is 2.42. The van der Waals surface area contributed by atoms with Gasteiger partial charge in [-0.1, -0.05) is 0 Å². The fourth-order valence-electron chi connectivity index (χ4n) is 1.82. The van der Waals surface area contributed by atoms with Crippen LogP contribution in [0.2, 0.25) is 0 Å². The zero-order valence-corrected chi connectivity index (χ0v) is 12.4. The maximum atomic E-state index is 11.2. The molecule has 0 fully saturated rings. The molecule has 2 aromatic rings. The first kappa shape index (κ1) is 16.1. The average Bonchev–Trinajstić information content (AvgIpc) is 2.51. The first-order valence-electron chi connectivity index (χ1n) is 6.51. The first-order chi connectivity index (χ1) is 10.8. The molecule has 0 aliphatic heterocycles. The van der Waals surface area contributed by atoms with E-state index in [1.807, 2.05) is 19.0 Å². The molecule has 0 aliphatic rings. The number of rotatable bonds is 4. The molecule has 8 heteroatoms. The predicted octanol–water partition coefficient (Wildman–Crippen LogP) is 2.98. The first-order valence-corrected chi connectivity index (χ1v) is 6.51. The van der Waals surface area contributed by atoms with Crippen molar-refractivity contribution in [2.75, 3.05) is 19.0 Å². The van der Waals surface area contributed by atoms with Crippen molar-refractivity contribution in [3.8, 4) is 17.2 Å². The number of aromatic hydroxyl groups is 3. The second-order valence-electron chi connectivity index (χ2n) is 4.91. The Morgan fingerprint density at radius 3 is 2.13 bits per heavy atom. The van der Waals surface area contributed by atoms with Gasteiger partial charge in [0.15, 0.2) is 11.5 Å². The normalized spacial score (nSPS) is 10.9. The van der Waals surface area contributed by atoms with E-state index in [1.165, 1.54) is 0 Å². The van der Waals surface area contributed by atoms with Gasteiger partial charge in [-0.2, -0.15) is 5.11 Å². The summed E-state index contributed by atoms with van der Waals surface area (Å²) in [6.45, 7) is 0. The van der Waals surface area contributed by atoms with E-state index in [-0.39, 0.29) is 0 Å². The highest BCUT2D eigenvalue weighted by Gasteiger charge is 2.21. The number of carbonyl (C=O) groups is 1. The third-order valence-corrected chi connectivity index (χ3v) is 3.09. The summed E-state index contributed by atoms with van der Waals surface area (Å²) in [5.74, 6) is -3.88. The minimum atomic E-state index is -1.42. The Morgan fingerprint density at radius 1 is 1.00 bits per heavy atom. The third-order valence-electron chi connectivity index (χ3n) is 3.09. The SMILES string of the molecule is CN(C)c1ccc(/N=N/c2c(C(=O)O)cc(O)c(O)c2O)cc1. The van der Waals surface area contributed by atoms with Crippen LogP contribution in [0.15, 0.2) is 40.6 Å². The lowest BCUT2D eigenvalue weighted by Crippen LogP contribution is -2.07. The molecule has 0 aromatic heterocycles. The number of carboxylic acid groups (broad SMARTS) is 1. The Morgan fingerprint density at radius 2 is 1.61 bits per heavy atom. The molecule has 0 bridgehead atoms. The van der Waals surface area contributed by atoms with Crippen LogP contribution in [0, 0.1) is 0 Å². The molecule has 2 rings (SSSR count). The second kappa shape index (κ2) is 6.22. The number of hydrogen-bond donors (Lipinski definition) is 4. The zero-order valence-electron chi connectivity index (χ0n) is 12.4. The summed E-state index contributed by atoms with van der Waals surface area (Å²) in [5.41, 5.74) is 0.454. The fraction of sp³-hybridized carbons (Fsp3) is 0.133. The van der Waals surface area contributed by atoms with E-state index in [2.05, 4.69) is 10.2 Å².